The van der Waals surface area contributed by atoms with Gasteiger partial charge in [-0.2, -0.15) is 10.5 Å². The van der Waals surface area contributed by atoms with E-state index in [9.17, 15) is 0 Å². The van der Waals surface area contributed by atoms with Crippen LogP contribution in [0.25, 0.3) is 0 Å². The minimum atomic E-state index is 0.236. The second-order valence-electron chi connectivity index (χ2n) is 2.87. The molecule has 0 aromatic heterocycles. The van der Waals surface area contributed by atoms with Gasteiger partial charge in [0.2, 0.25) is 0 Å². The third-order valence-electron chi connectivity index (χ3n) is 1.67. The predicted octanol–water partition coefficient (Wildman–Crippen LogP) is 1.01. The molecule has 0 aromatic carbocycles. The maximum Gasteiger partial charge on any atom is 0.0706 e. The van der Waals surface area contributed by atoms with Crippen molar-refractivity contribution in [3.05, 3.63) is 0 Å². The SMILES string of the molecule is CC1=N[N]CC1(C)C. The van der Waals surface area contributed by atoms with Crippen LogP contribution in [0.1, 0.15) is 20.8 Å². The summed E-state index contributed by atoms with van der Waals surface area (Å²) < 4.78 is 0. The average Bonchev–Trinajstić information content (AvgIpc) is 1.86. The molecule has 0 bridgehead atoms. The zero-order valence-electron chi connectivity index (χ0n) is 5.60. The average molecular weight is 111 g/mol. The van der Waals surface area contributed by atoms with Gasteiger partial charge >= 0.3 is 0 Å². The van der Waals surface area contributed by atoms with E-state index < -0.39 is 0 Å². The predicted molar refractivity (Wildman–Crippen MR) is 33.9 cm³/mol. The molecule has 0 aromatic rings. The van der Waals surface area contributed by atoms with E-state index in [-0.39, 0.29) is 5.41 Å². The van der Waals surface area contributed by atoms with Crippen molar-refractivity contribution in [1.29, 1.82) is 0 Å². The molecule has 1 radical (unpaired) electrons. The van der Waals surface area contributed by atoms with Gasteiger partial charge in [0.1, 0.15) is 0 Å². The summed E-state index contributed by atoms with van der Waals surface area (Å²) in [6.45, 7) is 7.19. The fourth-order valence-corrected chi connectivity index (χ4v) is 0.568. The Hall–Kier alpha value is -0.530. The topological polar surface area (TPSA) is 26.5 Å². The summed E-state index contributed by atoms with van der Waals surface area (Å²) in [6.07, 6.45) is 0. The first-order valence-electron chi connectivity index (χ1n) is 2.84. The minimum absolute atomic E-state index is 0.236. The Bertz CT molecular complexity index is 124. The van der Waals surface area contributed by atoms with Crippen molar-refractivity contribution in [3.8, 4) is 0 Å². The summed E-state index contributed by atoms with van der Waals surface area (Å²) in [7, 11) is 0. The van der Waals surface area contributed by atoms with Gasteiger partial charge in [-0.05, 0) is 6.92 Å². The molecule has 1 heterocycles. The lowest BCUT2D eigenvalue weighted by atomic mass is 9.90. The highest BCUT2D eigenvalue weighted by atomic mass is 15.3. The minimum Gasteiger partial charge on any atom is -0.188 e. The maximum atomic E-state index is 3.93. The highest BCUT2D eigenvalue weighted by Gasteiger charge is 2.26. The standard InChI is InChI=1S/C6H11N2/c1-5-6(2,3)4-7-8-5/h4H2,1-3H3. The second kappa shape index (κ2) is 1.47. The molecule has 1 aliphatic heterocycles. The summed E-state index contributed by atoms with van der Waals surface area (Å²) in [6, 6.07) is 0. The van der Waals surface area contributed by atoms with E-state index in [2.05, 4.69) is 24.4 Å². The normalized spacial score (nSPS) is 24.6. The highest BCUT2D eigenvalue weighted by Crippen LogP contribution is 2.20. The molecule has 1 aliphatic rings. The Kier molecular flexibility index (Phi) is 1.03. The molecule has 0 spiro atoms. The number of hydrogen-bond acceptors (Lipinski definition) is 1. The molecule has 2 heteroatoms. The van der Waals surface area contributed by atoms with Gasteiger partial charge in [-0.1, -0.05) is 13.8 Å². The fraction of sp³-hybridized carbons (Fsp3) is 0.833. The summed E-state index contributed by atoms with van der Waals surface area (Å²) >= 11 is 0. The third-order valence-corrected chi connectivity index (χ3v) is 1.67. The number of hydrogen-bond donors (Lipinski definition) is 0. The van der Waals surface area contributed by atoms with Gasteiger partial charge in [0, 0.05) is 11.1 Å². The number of rotatable bonds is 0. The van der Waals surface area contributed by atoms with Gasteiger partial charge in [-0.3, -0.25) is 0 Å². The molecule has 2 nitrogen and oxygen atoms in total. The Balaban J connectivity index is 2.73. The van der Waals surface area contributed by atoms with Gasteiger partial charge in [0.25, 0.3) is 0 Å². The molecule has 0 amide bonds. The van der Waals surface area contributed by atoms with Crippen LogP contribution in [0.4, 0.5) is 0 Å². The van der Waals surface area contributed by atoms with Crippen LogP contribution in [0.2, 0.25) is 0 Å². The van der Waals surface area contributed by atoms with Crippen LogP contribution in [0.3, 0.4) is 0 Å². The summed E-state index contributed by atoms with van der Waals surface area (Å²) in [5, 5.41) is 3.93. The molecule has 0 saturated carbocycles. The van der Waals surface area contributed by atoms with Crippen molar-refractivity contribution in [3.63, 3.8) is 0 Å². The van der Waals surface area contributed by atoms with Crippen molar-refractivity contribution in [2.75, 3.05) is 6.54 Å². The van der Waals surface area contributed by atoms with Crippen molar-refractivity contribution in [2.24, 2.45) is 10.5 Å². The Morgan fingerprint density at radius 2 is 2.12 bits per heavy atom. The molecule has 1 rings (SSSR count). The van der Waals surface area contributed by atoms with Crippen LogP contribution < -0.4 is 5.43 Å². The molecule has 45 valence electrons. The molecule has 0 aliphatic carbocycles. The van der Waals surface area contributed by atoms with Gasteiger partial charge in [0.05, 0.1) is 6.54 Å². The molecular formula is C6H11N2. The van der Waals surface area contributed by atoms with Crippen LogP contribution >= 0.6 is 0 Å². The van der Waals surface area contributed by atoms with Crippen LogP contribution in [0, 0.1) is 5.41 Å². The lowest BCUT2D eigenvalue weighted by molar-refractivity contribution is 0.516. The molecule has 0 atom stereocenters. The second-order valence-corrected chi connectivity index (χ2v) is 2.87. The smallest absolute Gasteiger partial charge is 0.0706 e. The zero-order valence-corrected chi connectivity index (χ0v) is 5.60. The summed E-state index contributed by atoms with van der Waals surface area (Å²) in [4.78, 5) is 0. The van der Waals surface area contributed by atoms with E-state index in [1.165, 1.54) is 0 Å². The molecule has 8 heavy (non-hydrogen) atoms. The van der Waals surface area contributed by atoms with Crippen molar-refractivity contribution < 1.29 is 0 Å². The molecule has 0 unspecified atom stereocenters. The highest BCUT2D eigenvalue weighted by molar-refractivity contribution is 5.88. The van der Waals surface area contributed by atoms with E-state index in [1.807, 2.05) is 6.92 Å². The molecule has 0 saturated heterocycles. The van der Waals surface area contributed by atoms with Gasteiger partial charge < -0.3 is 0 Å². The first-order chi connectivity index (χ1) is 3.63. The maximum absolute atomic E-state index is 3.93. The van der Waals surface area contributed by atoms with Crippen molar-refractivity contribution >= 4 is 5.71 Å². The largest absolute Gasteiger partial charge is 0.188 e. The van der Waals surface area contributed by atoms with E-state index in [0.29, 0.717) is 0 Å². The Morgan fingerprint density at radius 3 is 2.25 bits per heavy atom. The van der Waals surface area contributed by atoms with E-state index in [0.717, 1.165) is 12.3 Å². The van der Waals surface area contributed by atoms with E-state index >= 15 is 0 Å². The van der Waals surface area contributed by atoms with Crippen molar-refractivity contribution in [2.45, 2.75) is 20.8 Å². The van der Waals surface area contributed by atoms with Crippen molar-refractivity contribution in [1.82, 2.24) is 5.43 Å². The van der Waals surface area contributed by atoms with Crippen LogP contribution in [-0.2, 0) is 0 Å². The monoisotopic (exact) mass is 111 g/mol. The molecular weight excluding hydrogens is 100 g/mol. The van der Waals surface area contributed by atoms with Crippen LogP contribution in [0.5, 0.6) is 0 Å². The third kappa shape index (κ3) is 0.703. The first-order valence-corrected chi connectivity index (χ1v) is 2.84. The van der Waals surface area contributed by atoms with Crippen LogP contribution in [0.15, 0.2) is 5.10 Å². The Labute approximate surface area is 50.0 Å². The number of nitrogens with zero attached hydrogens (tertiary/aromatic N) is 2. The summed E-state index contributed by atoms with van der Waals surface area (Å²) in [5.74, 6) is 0. The van der Waals surface area contributed by atoms with Gasteiger partial charge in [0.15, 0.2) is 0 Å². The van der Waals surface area contributed by atoms with Crippen LogP contribution in [-0.4, -0.2) is 12.3 Å². The first kappa shape index (κ1) is 5.60. The van der Waals surface area contributed by atoms with Gasteiger partial charge in [-0.25, -0.2) is 0 Å². The molecule has 0 fully saturated rings. The summed E-state index contributed by atoms with van der Waals surface area (Å²) in [5.41, 5.74) is 5.29. The van der Waals surface area contributed by atoms with E-state index in [1.54, 1.807) is 0 Å². The Morgan fingerprint density at radius 1 is 1.50 bits per heavy atom. The quantitative estimate of drug-likeness (QED) is 0.446. The lowest BCUT2D eigenvalue weighted by Gasteiger charge is -2.13. The fourth-order valence-electron chi connectivity index (χ4n) is 0.568. The zero-order chi connectivity index (χ0) is 6.20. The van der Waals surface area contributed by atoms with Gasteiger partial charge in [-0.15, -0.1) is 0 Å². The molecule has 0 N–H and O–H groups in total. The van der Waals surface area contributed by atoms with E-state index in [4.69, 9.17) is 0 Å². The lowest BCUT2D eigenvalue weighted by Crippen LogP contribution is -2.21.